The lowest BCUT2D eigenvalue weighted by atomic mass is 10.00. The molecule has 2 nitrogen and oxygen atoms in total. The van der Waals surface area contributed by atoms with E-state index in [1.54, 1.807) is 7.11 Å². The van der Waals surface area contributed by atoms with Gasteiger partial charge in [-0.2, -0.15) is 0 Å². The standard InChI is InChI=1S/C18H28O2/c1-14(2)16-11-12-18(20-4)17(13-16)10-8-6-5-7-9-15(3)19/h8,10-15,19H,5-7,9H2,1-4H3/b10-8+/t15-/m1/s1. The van der Waals surface area contributed by atoms with E-state index in [1.165, 1.54) is 5.56 Å². The third-order valence-electron chi connectivity index (χ3n) is 3.46. The molecule has 20 heavy (non-hydrogen) atoms. The van der Waals surface area contributed by atoms with Crippen LogP contribution in [-0.4, -0.2) is 18.3 Å². The summed E-state index contributed by atoms with van der Waals surface area (Å²) in [6.07, 6.45) is 8.29. The van der Waals surface area contributed by atoms with Gasteiger partial charge in [0.15, 0.2) is 0 Å². The third kappa shape index (κ3) is 5.79. The molecule has 0 unspecified atom stereocenters. The zero-order valence-electron chi connectivity index (χ0n) is 13.2. The first-order valence-electron chi connectivity index (χ1n) is 7.57. The SMILES string of the molecule is COc1ccc(C(C)C)cc1/C=C/CCCC[C@@H](C)O. The smallest absolute Gasteiger partial charge is 0.126 e. The number of benzene rings is 1. The second-order valence-electron chi connectivity index (χ2n) is 5.69. The van der Waals surface area contributed by atoms with E-state index in [9.17, 15) is 5.11 Å². The Kier molecular flexibility index (Phi) is 7.38. The first-order valence-corrected chi connectivity index (χ1v) is 7.57. The average molecular weight is 276 g/mol. The molecule has 0 aliphatic heterocycles. The molecule has 1 atom stereocenters. The van der Waals surface area contributed by atoms with Crippen molar-refractivity contribution in [1.29, 1.82) is 0 Å². The lowest BCUT2D eigenvalue weighted by molar-refractivity contribution is 0.181. The van der Waals surface area contributed by atoms with Gasteiger partial charge in [-0.25, -0.2) is 0 Å². The molecular formula is C18H28O2. The Bertz CT molecular complexity index is 419. The number of hydrogen-bond donors (Lipinski definition) is 1. The Balaban J connectivity index is 2.58. The number of unbranched alkanes of at least 4 members (excludes halogenated alkanes) is 2. The fourth-order valence-corrected chi connectivity index (χ4v) is 2.15. The van der Waals surface area contributed by atoms with Crippen LogP contribution in [0.25, 0.3) is 6.08 Å². The van der Waals surface area contributed by atoms with Gasteiger partial charge in [0.05, 0.1) is 13.2 Å². The van der Waals surface area contributed by atoms with E-state index in [1.807, 2.05) is 13.0 Å². The molecule has 0 aromatic heterocycles. The van der Waals surface area contributed by atoms with Crippen LogP contribution in [0.3, 0.4) is 0 Å². The highest BCUT2D eigenvalue weighted by atomic mass is 16.5. The van der Waals surface area contributed by atoms with Crippen molar-refractivity contribution < 1.29 is 9.84 Å². The van der Waals surface area contributed by atoms with E-state index in [-0.39, 0.29) is 6.10 Å². The molecule has 0 aliphatic rings. The predicted molar refractivity (Wildman–Crippen MR) is 86.3 cm³/mol. The molecule has 0 bridgehead atoms. The molecule has 0 spiro atoms. The monoisotopic (exact) mass is 276 g/mol. The maximum atomic E-state index is 9.20. The first kappa shape index (κ1) is 16.8. The minimum Gasteiger partial charge on any atom is -0.496 e. The minimum atomic E-state index is -0.179. The van der Waals surface area contributed by atoms with Crippen LogP contribution < -0.4 is 4.74 Å². The number of allylic oxidation sites excluding steroid dienone is 1. The van der Waals surface area contributed by atoms with E-state index in [2.05, 4.69) is 38.1 Å². The fraction of sp³-hybridized carbons (Fsp3) is 0.556. The topological polar surface area (TPSA) is 29.5 Å². The largest absolute Gasteiger partial charge is 0.496 e. The van der Waals surface area contributed by atoms with Gasteiger partial charge in [-0.3, -0.25) is 0 Å². The Hall–Kier alpha value is -1.28. The quantitative estimate of drug-likeness (QED) is 0.693. The number of ether oxygens (including phenoxy) is 1. The predicted octanol–water partition coefficient (Wildman–Crippen LogP) is 4.77. The van der Waals surface area contributed by atoms with Crippen LogP contribution in [0.1, 0.15) is 63.5 Å². The summed E-state index contributed by atoms with van der Waals surface area (Å²) >= 11 is 0. The Labute approximate surface area is 123 Å². The molecule has 1 aromatic carbocycles. The van der Waals surface area contributed by atoms with Crippen molar-refractivity contribution in [2.75, 3.05) is 7.11 Å². The second kappa shape index (κ2) is 8.80. The summed E-state index contributed by atoms with van der Waals surface area (Å²) in [6, 6.07) is 6.38. The number of hydrogen-bond acceptors (Lipinski definition) is 2. The summed E-state index contributed by atoms with van der Waals surface area (Å²) in [6.45, 7) is 6.24. The molecule has 0 saturated heterocycles. The van der Waals surface area contributed by atoms with Crippen LogP contribution in [0, 0.1) is 0 Å². The summed E-state index contributed by atoms with van der Waals surface area (Å²) in [5.41, 5.74) is 2.48. The number of rotatable bonds is 8. The van der Waals surface area contributed by atoms with Crippen molar-refractivity contribution in [1.82, 2.24) is 0 Å². The van der Waals surface area contributed by atoms with Gasteiger partial charge in [0.2, 0.25) is 0 Å². The lowest BCUT2D eigenvalue weighted by Crippen LogP contribution is -1.97. The van der Waals surface area contributed by atoms with Gasteiger partial charge in [0.25, 0.3) is 0 Å². The molecule has 1 aromatic rings. The minimum absolute atomic E-state index is 0.179. The molecule has 0 saturated carbocycles. The molecule has 1 N–H and O–H groups in total. The molecule has 112 valence electrons. The molecular weight excluding hydrogens is 248 g/mol. The highest BCUT2D eigenvalue weighted by molar-refractivity contribution is 5.58. The maximum absolute atomic E-state index is 9.20. The van der Waals surface area contributed by atoms with Gasteiger partial charge >= 0.3 is 0 Å². The van der Waals surface area contributed by atoms with E-state index in [4.69, 9.17) is 4.74 Å². The highest BCUT2D eigenvalue weighted by Gasteiger charge is 2.04. The Morgan fingerprint density at radius 2 is 1.95 bits per heavy atom. The summed E-state index contributed by atoms with van der Waals surface area (Å²) in [5.74, 6) is 1.45. The van der Waals surface area contributed by atoms with E-state index < -0.39 is 0 Å². The summed E-state index contributed by atoms with van der Waals surface area (Å²) in [5, 5.41) is 9.20. The van der Waals surface area contributed by atoms with Gasteiger partial charge in [0, 0.05) is 5.56 Å². The van der Waals surface area contributed by atoms with Crippen LogP contribution in [-0.2, 0) is 0 Å². The molecule has 0 radical (unpaired) electrons. The van der Waals surface area contributed by atoms with Gasteiger partial charge in [-0.1, -0.05) is 38.5 Å². The zero-order valence-corrected chi connectivity index (χ0v) is 13.2. The normalized spacial score (nSPS) is 13.1. The molecule has 0 heterocycles. The molecule has 2 heteroatoms. The molecule has 0 amide bonds. The van der Waals surface area contributed by atoms with Crippen LogP contribution in [0.4, 0.5) is 0 Å². The third-order valence-corrected chi connectivity index (χ3v) is 3.46. The highest BCUT2D eigenvalue weighted by Crippen LogP contribution is 2.25. The first-order chi connectivity index (χ1) is 9.54. The molecule has 0 fully saturated rings. The van der Waals surface area contributed by atoms with Gasteiger partial charge in [-0.05, 0) is 49.8 Å². The second-order valence-corrected chi connectivity index (χ2v) is 5.69. The van der Waals surface area contributed by atoms with Crippen molar-refractivity contribution >= 4 is 6.08 Å². The van der Waals surface area contributed by atoms with Crippen LogP contribution >= 0.6 is 0 Å². The summed E-state index contributed by atoms with van der Waals surface area (Å²) < 4.78 is 5.41. The summed E-state index contributed by atoms with van der Waals surface area (Å²) in [7, 11) is 1.71. The van der Waals surface area contributed by atoms with Crippen molar-refractivity contribution in [2.45, 2.75) is 58.5 Å². The number of aliphatic hydroxyl groups excluding tert-OH is 1. The van der Waals surface area contributed by atoms with Crippen molar-refractivity contribution in [3.05, 3.63) is 35.4 Å². The molecule has 0 aliphatic carbocycles. The summed E-state index contributed by atoms with van der Waals surface area (Å²) in [4.78, 5) is 0. The van der Waals surface area contributed by atoms with Gasteiger partial charge in [0.1, 0.15) is 5.75 Å². The molecule has 1 rings (SSSR count). The fourth-order valence-electron chi connectivity index (χ4n) is 2.15. The number of aliphatic hydroxyl groups is 1. The van der Waals surface area contributed by atoms with Crippen LogP contribution in [0.15, 0.2) is 24.3 Å². The van der Waals surface area contributed by atoms with Crippen molar-refractivity contribution in [3.8, 4) is 5.75 Å². The van der Waals surface area contributed by atoms with E-state index in [0.29, 0.717) is 5.92 Å². The Morgan fingerprint density at radius 3 is 2.55 bits per heavy atom. The average Bonchev–Trinajstić information content (AvgIpc) is 2.42. The Morgan fingerprint density at radius 1 is 1.20 bits per heavy atom. The zero-order chi connectivity index (χ0) is 15.0. The van der Waals surface area contributed by atoms with Gasteiger partial charge < -0.3 is 9.84 Å². The van der Waals surface area contributed by atoms with Crippen LogP contribution in [0.2, 0.25) is 0 Å². The van der Waals surface area contributed by atoms with E-state index in [0.717, 1.165) is 37.0 Å². The van der Waals surface area contributed by atoms with E-state index >= 15 is 0 Å². The number of methoxy groups -OCH3 is 1. The van der Waals surface area contributed by atoms with Crippen LogP contribution in [0.5, 0.6) is 5.75 Å². The lowest BCUT2D eigenvalue weighted by Gasteiger charge is -2.10. The maximum Gasteiger partial charge on any atom is 0.126 e. The van der Waals surface area contributed by atoms with Crippen molar-refractivity contribution in [3.63, 3.8) is 0 Å². The van der Waals surface area contributed by atoms with Crippen molar-refractivity contribution in [2.24, 2.45) is 0 Å². The van der Waals surface area contributed by atoms with Gasteiger partial charge in [-0.15, -0.1) is 0 Å².